The molecule has 18 heavy (non-hydrogen) atoms. The van der Waals surface area contributed by atoms with Crippen molar-refractivity contribution in [2.24, 2.45) is 0 Å². The molecule has 0 radical (unpaired) electrons. The molecule has 0 fully saturated rings. The van der Waals surface area contributed by atoms with Gasteiger partial charge in [0, 0.05) is 10.0 Å². The minimum atomic E-state index is -0.513. The molecule has 0 aliphatic heterocycles. The van der Waals surface area contributed by atoms with E-state index >= 15 is 0 Å². The van der Waals surface area contributed by atoms with Gasteiger partial charge in [-0.1, -0.05) is 15.9 Å². The van der Waals surface area contributed by atoms with Crippen molar-refractivity contribution in [2.45, 2.75) is 13.8 Å². The number of ether oxygens (including phenoxy) is 1. The first-order valence-corrected chi connectivity index (χ1v) is 7.24. The summed E-state index contributed by atoms with van der Waals surface area (Å²) in [6.07, 6.45) is -0.513. The number of aryl methyl sites for hydroxylation is 1. The predicted molar refractivity (Wildman–Crippen MR) is 77.6 cm³/mol. The molecule has 0 spiro atoms. The number of carbonyl (C=O) groups excluding carboxylic acids is 2. The second-order valence-electron chi connectivity index (χ2n) is 3.55. The molecule has 0 aromatic heterocycles. The van der Waals surface area contributed by atoms with Gasteiger partial charge in [-0.15, -0.1) is 0 Å². The van der Waals surface area contributed by atoms with Gasteiger partial charge in [-0.2, -0.15) is 0 Å². The minimum absolute atomic E-state index is 0.0125. The van der Waals surface area contributed by atoms with Crippen LogP contribution < -0.4 is 5.32 Å². The Hall–Kier alpha value is -0.880. The number of Topliss-reactive ketones (excluding diaryl/α,β-unsaturated/α-hetero) is 1. The zero-order valence-corrected chi connectivity index (χ0v) is 13.2. The molecule has 98 valence electrons. The van der Waals surface area contributed by atoms with E-state index in [4.69, 9.17) is 4.74 Å². The maximum atomic E-state index is 11.6. The number of halogens is 2. The van der Waals surface area contributed by atoms with Crippen molar-refractivity contribution in [2.75, 3.05) is 17.3 Å². The first-order valence-electron chi connectivity index (χ1n) is 5.32. The average molecular weight is 379 g/mol. The van der Waals surface area contributed by atoms with E-state index in [1.165, 1.54) is 0 Å². The number of hydrogen-bond donors (Lipinski definition) is 1. The number of anilines is 1. The van der Waals surface area contributed by atoms with Crippen molar-refractivity contribution >= 4 is 49.4 Å². The van der Waals surface area contributed by atoms with Crippen LogP contribution in [0.2, 0.25) is 0 Å². The van der Waals surface area contributed by atoms with E-state index in [9.17, 15) is 9.59 Å². The maximum absolute atomic E-state index is 11.6. The number of rotatable bonds is 4. The molecule has 1 rings (SSSR count). The van der Waals surface area contributed by atoms with Crippen molar-refractivity contribution < 1.29 is 14.3 Å². The number of amides is 1. The van der Waals surface area contributed by atoms with Crippen molar-refractivity contribution in [3.05, 3.63) is 27.7 Å². The summed E-state index contributed by atoms with van der Waals surface area (Å²) >= 11 is 6.46. The van der Waals surface area contributed by atoms with E-state index < -0.39 is 6.09 Å². The summed E-state index contributed by atoms with van der Waals surface area (Å²) < 4.78 is 5.46. The number of benzene rings is 1. The summed E-state index contributed by atoms with van der Waals surface area (Å²) in [4.78, 5) is 22.9. The van der Waals surface area contributed by atoms with Gasteiger partial charge in [0.05, 0.1) is 17.6 Å². The number of alkyl halides is 1. The van der Waals surface area contributed by atoms with Crippen molar-refractivity contribution in [1.29, 1.82) is 0 Å². The van der Waals surface area contributed by atoms with Crippen molar-refractivity contribution in [3.63, 3.8) is 0 Å². The van der Waals surface area contributed by atoms with Crippen LogP contribution in [-0.2, 0) is 4.74 Å². The maximum Gasteiger partial charge on any atom is 0.411 e. The van der Waals surface area contributed by atoms with E-state index in [0.717, 1.165) is 5.56 Å². The summed E-state index contributed by atoms with van der Waals surface area (Å²) in [5.41, 5.74) is 1.99. The molecule has 0 aliphatic rings. The molecule has 1 N–H and O–H groups in total. The van der Waals surface area contributed by atoms with E-state index in [1.54, 1.807) is 19.1 Å². The van der Waals surface area contributed by atoms with Crippen LogP contribution in [0.3, 0.4) is 0 Å². The lowest BCUT2D eigenvalue weighted by atomic mass is 10.1. The number of nitrogens with one attached hydrogen (secondary N) is 1. The van der Waals surface area contributed by atoms with Gasteiger partial charge in [0.25, 0.3) is 0 Å². The molecule has 1 aromatic rings. The molecule has 0 heterocycles. The van der Waals surface area contributed by atoms with Crippen LogP contribution in [0.25, 0.3) is 0 Å². The average Bonchev–Trinajstić information content (AvgIpc) is 2.32. The van der Waals surface area contributed by atoms with E-state index in [1.807, 2.05) is 6.92 Å². The lowest BCUT2D eigenvalue weighted by molar-refractivity contribution is 0.102. The summed E-state index contributed by atoms with van der Waals surface area (Å²) in [5.74, 6) is -0.0125. The van der Waals surface area contributed by atoms with E-state index in [2.05, 4.69) is 37.2 Å². The summed E-state index contributed by atoms with van der Waals surface area (Å²) in [6.45, 7) is 3.86. The van der Waals surface area contributed by atoms with Crippen LogP contribution in [0.4, 0.5) is 10.5 Å². The Morgan fingerprint density at radius 2 is 2.06 bits per heavy atom. The number of ketones is 1. The molecule has 0 aliphatic carbocycles. The zero-order valence-electron chi connectivity index (χ0n) is 10.0. The van der Waals surface area contributed by atoms with Crippen molar-refractivity contribution in [1.82, 2.24) is 0 Å². The first-order chi connectivity index (χ1) is 8.49. The van der Waals surface area contributed by atoms with Gasteiger partial charge in [0.2, 0.25) is 0 Å². The highest BCUT2D eigenvalue weighted by atomic mass is 79.9. The van der Waals surface area contributed by atoms with Crippen molar-refractivity contribution in [3.8, 4) is 0 Å². The molecule has 1 amide bonds. The largest absolute Gasteiger partial charge is 0.450 e. The number of carbonyl (C=O) groups is 2. The fraction of sp³-hybridized carbons (Fsp3) is 0.333. The second kappa shape index (κ2) is 6.89. The zero-order chi connectivity index (χ0) is 13.7. The van der Waals surface area contributed by atoms with E-state index in [0.29, 0.717) is 22.3 Å². The van der Waals surface area contributed by atoms with Crippen LogP contribution in [0, 0.1) is 6.92 Å². The highest BCUT2D eigenvalue weighted by molar-refractivity contribution is 9.10. The normalized spacial score (nSPS) is 10.0. The van der Waals surface area contributed by atoms with Gasteiger partial charge in [0.15, 0.2) is 5.78 Å². The quantitative estimate of drug-likeness (QED) is 0.638. The molecule has 6 heteroatoms. The summed E-state index contributed by atoms with van der Waals surface area (Å²) in [5, 5.41) is 2.90. The third-order valence-electron chi connectivity index (χ3n) is 2.23. The monoisotopic (exact) mass is 377 g/mol. The Bertz CT molecular complexity index is 451. The molecule has 0 bridgehead atoms. The van der Waals surface area contributed by atoms with Gasteiger partial charge in [-0.05, 0) is 47.5 Å². The Morgan fingerprint density at radius 1 is 1.39 bits per heavy atom. The first kappa shape index (κ1) is 15.2. The Morgan fingerprint density at radius 3 is 2.56 bits per heavy atom. The van der Waals surface area contributed by atoms with Gasteiger partial charge >= 0.3 is 6.09 Å². The molecule has 0 saturated carbocycles. The van der Waals surface area contributed by atoms with Gasteiger partial charge < -0.3 is 4.74 Å². The fourth-order valence-electron chi connectivity index (χ4n) is 1.41. The molecular weight excluding hydrogens is 366 g/mol. The summed E-state index contributed by atoms with van der Waals surface area (Å²) in [7, 11) is 0. The van der Waals surface area contributed by atoms with Gasteiger partial charge in [-0.3, -0.25) is 10.1 Å². The lowest BCUT2D eigenvalue weighted by Gasteiger charge is -2.12. The smallest absolute Gasteiger partial charge is 0.411 e. The molecule has 0 atom stereocenters. The Kier molecular flexibility index (Phi) is 5.81. The third-order valence-corrected chi connectivity index (χ3v) is 3.37. The number of hydrogen-bond acceptors (Lipinski definition) is 3. The predicted octanol–water partition coefficient (Wildman–Crippen LogP) is 3.90. The van der Waals surface area contributed by atoms with E-state index in [-0.39, 0.29) is 11.1 Å². The highest BCUT2D eigenvalue weighted by Crippen LogP contribution is 2.28. The van der Waals surface area contributed by atoms with Crippen LogP contribution in [0.15, 0.2) is 16.6 Å². The lowest BCUT2D eigenvalue weighted by Crippen LogP contribution is -2.15. The topological polar surface area (TPSA) is 55.4 Å². The van der Waals surface area contributed by atoms with Crippen LogP contribution in [0.5, 0.6) is 0 Å². The highest BCUT2D eigenvalue weighted by Gasteiger charge is 2.13. The Balaban J connectivity index is 3.01. The second-order valence-corrected chi connectivity index (χ2v) is 4.97. The third kappa shape index (κ3) is 3.81. The standard InChI is InChI=1S/C12H13Br2NO3/c1-3-18-12(17)15-11-7(2)4-8(5-9(11)14)10(16)6-13/h4-5H,3,6H2,1-2H3,(H,15,17). The summed E-state index contributed by atoms with van der Waals surface area (Å²) in [6, 6.07) is 3.41. The van der Waals surface area contributed by atoms with Gasteiger partial charge in [0.1, 0.15) is 0 Å². The fourth-order valence-corrected chi connectivity index (χ4v) is 2.39. The molecule has 0 saturated heterocycles. The van der Waals surface area contributed by atoms with Crippen LogP contribution in [0.1, 0.15) is 22.8 Å². The van der Waals surface area contributed by atoms with Gasteiger partial charge in [-0.25, -0.2) is 4.79 Å². The molecule has 0 unspecified atom stereocenters. The molecule has 4 nitrogen and oxygen atoms in total. The minimum Gasteiger partial charge on any atom is -0.450 e. The SMILES string of the molecule is CCOC(=O)Nc1c(C)cc(C(=O)CBr)cc1Br. The molecule has 1 aromatic carbocycles. The molecular formula is C12H13Br2NO3. The van der Waals surface area contributed by atoms with Crippen LogP contribution >= 0.6 is 31.9 Å². The van der Waals surface area contributed by atoms with Crippen LogP contribution in [-0.4, -0.2) is 23.8 Å². The Labute approximate surface area is 122 Å².